The quantitative estimate of drug-likeness (QED) is 0.785. The number of aromatic nitrogens is 3. The Hall–Kier alpha value is -2.69. The van der Waals surface area contributed by atoms with Gasteiger partial charge in [0.1, 0.15) is 5.75 Å². The van der Waals surface area contributed by atoms with Crippen molar-refractivity contribution in [2.45, 2.75) is 6.92 Å². The molecule has 0 spiro atoms. The van der Waals surface area contributed by atoms with Gasteiger partial charge >= 0.3 is 0 Å². The topological polar surface area (TPSA) is 59.9 Å². The van der Waals surface area contributed by atoms with E-state index in [0.29, 0.717) is 11.8 Å². The molecule has 0 aliphatic rings. The molecular formula is C15H14N4O. The highest BCUT2D eigenvalue weighted by molar-refractivity contribution is 5.85. The molecule has 1 N–H and O–H groups in total. The van der Waals surface area contributed by atoms with Gasteiger partial charge in [-0.2, -0.15) is 4.98 Å². The smallest absolute Gasteiger partial charge is 0.225 e. The molecule has 20 heavy (non-hydrogen) atoms. The summed E-state index contributed by atoms with van der Waals surface area (Å²) in [6.07, 6.45) is 3.43. The zero-order valence-electron chi connectivity index (χ0n) is 11.1. The number of hydrogen-bond donors (Lipinski definition) is 1. The minimum Gasteiger partial charge on any atom is -0.438 e. The maximum Gasteiger partial charge on any atom is 0.225 e. The van der Waals surface area contributed by atoms with E-state index >= 15 is 0 Å². The Morgan fingerprint density at radius 1 is 1.05 bits per heavy atom. The van der Waals surface area contributed by atoms with Gasteiger partial charge in [0.05, 0.1) is 5.52 Å². The molecule has 0 fully saturated rings. The third kappa shape index (κ3) is 2.51. The first kappa shape index (κ1) is 12.3. The van der Waals surface area contributed by atoms with E-state index in [4.69, 9.17) is 4.74 Å². The lowest BCUT2D eigenvalue weighted by Gasteiger charge is -2.08. The Balaban J connectivity index is 1.95. The van der Waals surface area contributed by atoms with Crippen LogP contribution in [0, 0.1) is 0 Å². The van der Waals surface area contributed by atoms with Crippen molar-refractivity contribution in [2.24, 2.45) is 0 Å². The summed E-state index contributed by atoms with van der Waals surface area (Å²) in [6.45, 7) is 2.76. The molecule has 0 bridgehead atoms. The van der Waals surface area contributed by atoms with Crippen LogP contribution in [0.1, 0.15) is 6.92 Å². The summed E-state index contributed by atoms with van der Waals surface area (Å²) >= 11 is 0. The van der Waals surface area contributed by atoms with Gasteiger partial charge in [-0.3, -0.25) is 4.98 Å². The SMILES string of the molecule is CCNc1nccc(Oc2cccc3ncccc23)n1. The van der Waals surface area contributed by atoms with E-state index in [1.54, 1.807) is 18.5 Å². The third-order valence-electron chi connectivity index (χ3n) is 2.79. The second kappa shape index (κ2) is 5.52. The number of anilines is 1. The van der Waals surface area contributed by atoms with Crippen LogP contribution >= 0.6 is 0 Å². The summed E-state index contributed by atoms with van der Waals surface area (Å²) in [5.74, 6) is 1.80. The van der Waals surface area contributed by atoms with Crippen LogP contribution in [0.2, 0.25) is 0 Å². The molecule has 0 unspecified atom stereocenters. The van der Waals surface area contributed by atoms with E-state index in [-0.39, 0.29) is 0 Å². The van der Waals surface area contributed by atoms with E-state index in [1.807, 2.05) is 37.3 Å². The fourth-order valence-electron chi connectivity index (χ4n) is 1.92. The molecule has 1 aromatic carbocycles. The van der Waals surface area contributed by atoms with E-state index in [0.717, 1.165) is 23.2 Å². The zero-order chi connectivity index (χ0) is 13.8. The minimum absolute atomic E-state index is 0.507. The first-order valence-corrected chi connectivity index (χ1v) is 6.45. The molecule has 2 heterocycles. The number of rotatable bonds is 4. The van der Waals surface area contributed by atoms with Crippen molar-refractivity contribution >= 4 is 16.9 Å². The second-order valence-electron chi connectivity index (χ2n) is 4.18. The zero-order valence-corrected chi connectivity index (χ0v) is 11.1. The number of benzene rings is 1. The predicted molar refractivity (Wildman–Crippen MR) is 78.0 cm³/mol. The number of nitrogens with zero attached hydrogens (tertiary/aromatic N) is 3. The molecule has 0 saturated carbocycles. The standard InChI is InChI=1S/C15H14N4O/c1-2-16-15-18-10-8-14(19-15)20-13-7-3-6-12-11(13)5-4-9-17-12/h3-10H,2H2,1H3,(H,16,18,19). The number of ether oxygens (including phenoxy) is 1. The van der Waals surface area contributed by atoms with Crippen molar-refractivity contribution in [3.8, 4) is 11.6 Å². The van der Waals surface area contributed by atoms with E-state index < -0.39 is 0 Å². The van der Waals surface area contributed by atoms with Gasteiger partial charge in [0, 0.05) is 30.4 Å². The van der Waals surface area contributed by atoms with Crippen LogP contribution in [0.25, 0.3) is 10.9 Å². The second-order valence-corrected chi connectivity index (χ2v) is 4.18. The molecular weight excluding hydrogens is 252 g/mol. The summed E-state index contributed by atoms with van der Waals surface area (Å²) in [4.78, 5) is 12.7. The summed E-state index contributed by atoms with van der Waals surface area (Å²) in [7, 11) is 0. The Morgan fingerprint density at radius 2 is 2.00 bits per heavy atom. The molecule has 2 aromatic heterocycles. The van der Waals surface area contributed by atoms with Crippen molar-refractivity contribution in [2.75, 3.05) is 11.9 Å². The highest BCUT2D eigenvalue weighted by Gasteiger charge is 2.05. The monoisotopic (exact) mass is 266 g/mol. The first-order chi connectivity index (χ1) is 9.86. The van der Waals surface area contributed by atoms with E-state index in [9.17, 15) is 0 Å². The molecule has 0 radical (unpaired) electrons. The summed E-state index contributed by atoms with van der Waals surface area (Å²) in [5, 5.41) is 4.01. The van der Waals surface area contributed by atoms with Crippen molar-refractivity contribution in [3.63, 3.8) is 0 Å². The first-order valence-electron chi connectivity index (χ1n) is 6.45. The molecule has 0 aliphatic heterocycles. The Morgan fingerprint density at radius 3 is 2.90 bits per heavy atom. The van der Waals surface area contributed by atoms with Crippen LogP contribution in [0.4, 0.5) is 5.95 Å². The van der Waals surface area contributed by atoms with Gasteiger partial charge in [0.15, 0.2) is 0 Å². The summed E-state index contributed by atoms with van der Waals surface area (Å²) < 4.78 is 5.85. The number of hydrogen-bond acceptors (Lipinski definition) is 5. The average Bonchev–Trinajstić information content (AvgIpc) is 2.48. The molecule has 0 saturated heterocycles. The lowest BCUT2D eigenvalue weighted by molar-refractivity contribution is 0.467. The van der Waals surface area contributed by atoms with Crippen molar-refractivity contribution < 1.29 is 4.74 Å². The Bertz CT molecular complexity index is 724. The molecule has 0 atom stereocenters. The molecule has 100 valence electrons. The Kier molecular flexibility index (Phi) is 3.41. The van der Waals surface area contributed by atoms with Gasteiger partial charge < -0.3 is 10.1 Å². The van der Waals surface area contributed by atoms with Gasteiger partial charge in [-0.1, -0.05) is 6.07 Å². The van der Waals surface area contributed by atoms with Crippen molar-refractivity contribution in [3.05, 3.63) is 48.8 Å². The van der Waals surface area contributed by atoms with Gasteiger partial charge in [0.25, 0.3) is 0 Å². The van der Waals surface area contributed by atoms with Gasteiger partial charge in [-0.05, 0) is 31.2 Å². The molecule has 0 aliphatic carbocycles. The van der Waals surface area contributed by atoms with Crippen LogP contribution in [-0.2, 0) is 0 Å². The lowest BCUT2D eigenvalue weighted by atomic mass is 10.2. The minimum atomic E-state index is 0.507. The van der Waals surface area contributed by atoms with Gasteiger partial charge in [-0.25, -0.2) is 4.98 Å². The normalized spacial score (nSPS) is 10.4. The molecule has 0 amide bonds. The third-order valence-corrected chi connectivity index (χ3v) is 2.79. The number of pyridine rings is 1. The maximum absolute atomic E-state index is 5.85. The van der Waals surface area contributed by atoms with Gasteiger partial charge in [-0.15, -0.1) is 0 Å². The van der Waals surface area contributed by atoms with Crippen LogP contribution in [0.3, 0.4) is 0 Å². The van der Waals surface area contributed by atoms with Crippen LogP contribution in [0.15, 0.2) is 48.8 Å². The average molecular weight is 266 g/mol. The largest absolute Gasteiger partial charge is 0.438 e. The van der Waals surface area contributed by atoms with Crippen LogP contribution in [0.5, 0.6) is 11.6 Å². The predicted octanol–water partition coefficient (Wildman–Crippen LogP) is 3.25. The maximum atomic E-state index is 5.85. The highest BCUT2D eigenvalue weighted by Crippen LogP contribution is 2.27. The van der Waals surface area contributed by atoms with E-state index in [1.165, 1.54) is 0 Å². The summed E-state index contributed by atoms with van der Waals surface area (Å²) in [6, 6.07) is 11.4. The Labute approximate surface area is 116 Å². The highest BCUT2D eigenvalue weighted by atomic mass is 16.5. The van der Waals surface area contributed by atoms with E-state index in [2.05, 4.69) is 20.3 Å². The fourth-order valence-corrected chi connectivity index (χ4v) is 1.92. The van der Waals surface area contributed by atoms with Crippen molar-refractivity contribution in [1.82, 2.24) is 15.0 Å². The number of nitrogens with one attached hydrogen (secondary N) is 1. The summed E-state index contributed by atoms with van der Waals surface area (Å²) in [5.41, 5.74) is 0.894. The van der Waals surface area contributed by atoms with Crippen molar-refractivity contribution in [1.29, 1.82) is 0 Å². The lowest BCUT2D eigenvalue weighted by Crippen LogP contribution is -2.02. The number of fused-ring (bicyclic) bond motifs is 1. The molecule has 5 heteroatoms. The molecule has 3 rings (SSSR count). The molecule has 5 nitrogen and oxygen atoms in total. The van der Waals surface area contributed by atoms with Crippen LogP contribution in [-0.4, -0.2) is 21.5 Å². The van der Waals surface area contributed by atoms with Crippen LogP contribution < -0.4 is 10.1 Å². The fraction of sp³-hybridized carbons (Fsp3) is 0.133. The van der Waals surface area contributed by atoms with Gasteiger partial charge in [0.2, 0.25) is 11.8 Å². The molecule has 3 aromatic rings.